The van der Waals surface area contributed by atoms with Crippen molar-refractivity contribution < 1.29 is 23.1 Å². The van der Waals surface area contributed by atoms with Crippen LogP contribution in [0.15, 0.2) is 12.1 Å². The average molecular weight is 364 g/mol. The summed E-state index contributed by atoms with van der Waals surface area (Å²) in [4.78, 5) is 10.5. The highest BCUT2D eigenvalue weighted by Crippen LogP contribution is 2.38. The summed E-state index contributed by atoms with van der Waals surface area (Å²) in [6, 6.07) is 2.47. The maximum Gasteiger partial charge on any atom is 0.417 e. The SMILES string of the molecule is O=C(O)Cc1c(Cl)ccc(I)c1C(F)(F)F. The van der Waals surface area contributed by atoms with Gasteiger partial charge in [-0.15, -0.1) is 0 Å². The van der Waals surface area contributed by atoms with Crippen LogP contribution in [0.4, 0.5) is 13.2 Å². The second kappa shape index (κ2) is 4.79. The van der Waals surface area contributed by atoms with Crippen molar-refractivity contribution in [2.75, 3.05) is 0 Å². The summed E-state index contributed by atoms with van der Waals surface area (Å²) in [7, 11) is 0. The van der Waals surface area contributed by atoms with Gasteiger partial charge in [-0.1, -0.05) is 11.6 Å². The number of carboxylic acid groups (broad SMARTS) is 1. The van der Waals surface area contributed by atoms with E-state index < -0.39 is 29.7 Å². The van der Waals surface area contributed by atoms with Gasteiger partial charge in [0.1, 0.15) is 0 Å². The lowest BCUT2D eigenvalue weighted by atomic mass is 10.0. The molecule has 0 amide bonds. The van der Waals surface area contributed by atoms with E-state index in [1.165, 1.54) is 34.7 Å². The Balaban J connectivity index is 3.43. The number of halogens is 5. The quantitative estimate of drug-likeness (QED) is 0.815. The maximum atomic E-state index is 12.7. The third kappa shape index (κ3) is 3.00. The van der Waals surface area contributed by atoms with Gasteiger partial charge >= 0.3 is 12.1 Å². The van der Waals surface area contributed by atoms with E-state index in [9.17, 15) is 18.0 Å². The van der Waals surface area contributed by atoms with Crippen molar-refractivity contribution in [2.24, 2.45) is 0 Å². The highest BCUT2D eigenvalue weighted by Gasteiger charge is 2.37. The zero-order valence-electron chi connectivity index (χ0n) is 7.61. The number of hydrogen-bond acceptors (Lipinski definition) is 1. The summed E-state index contributed by atoms with van der Waals surface area (Å²) in [5.41, 5.74) is -1.36. The van der Waals surface area contributed by atoms with Crippen LogP contribution in [0.5, 0.6) is 0 Å². The first kappa shape index (κ1) is 13.6. The highest BCUT2D eigenvalue weighted by molar-refractivity contribution is 14.1. The molecule has 1 N–H and O–H groups in total. The van der Waals surface area contributed by atoms with Crippen LogP contribution in [0.25, 0.3) is 0 Å². The van der Waals surface area contributed by atoms with E-state index >= 15 is 0 Å². The first-order valence-corrected chi connectivity index (χ1v) is 5.45. The van der Waals surface area contributed by atoms with Crippen molar-refractivity contribution in [2.45, 2.75) is 12.6 Å². The van der Waals surface area contributed by atoms with Gasteiger partial charge in [-0.25, -0.2) is 0 Å². The van der Waals surface area contributed by atoms with Gasteiger partial charge in [-0.2, -0.15) is 13.2 Å². The molecule has 0 aliphatic carbocycles. The molecule has 0 saturated heterocycles. The zero-order chi connectivity index (χ0) is 12.5. The molecule has 0 fully saturated rings. The first-order chi connectivity index (χ1) is 7.23. The van der Waals surface area contributed by atoms with Crippen molar-refractivity contribution in [3.63, 3.8) is 0 Å². The Labute approximate surface area is 108 Å². The number of carboxylic acids is 1. The van der Waals surface area contributed by atoms with Crippen LogP contribution in [0, 0.1) is 3.57 Å². The largest absolute Gasteiger partial charge is 0.481 e. The highest BCUT2D eigenvalue weighted by atomic mass is 127. The van der Waals surface area contributed by atoms with Crippen LogP contribution in [-0.4, -0.2) is 11.1 Å². The molecule has 7 heteroatoms. The number of benzene rings is 1. The van der Waals surface area contributed by atoms with Crippen molar-refractivity contribution in [3.05, 3.63) is 31.9 Å². The Bertz CT molecular complexity index is 431. The first-order valence-electron chi connectivity index (χ1n) is 3.99. The summed E-state index contributed by atoms with van der Waals surface area (Å²) in [5.74, 6) is -1.35. The van der Waals surface area contributed by atoms with E-state index in [0.29, 0.717) is 0 Å². The van der Waals surface area contributed by atoms with E-state index in [2.05, 4.69) is 0 Å². The number of aliphatic carboxylic acids is 1. The van der Waals surface area contributed by atoms with E-state index in [4.69, 9.17) is 16.7 Å². The van der Waals surface area contributed by atoms with Gasteiger partial charge in [0.25, 0.3) is 0 Å². The molecule has 1 aromatic rings. The Kier molecular flexibility index (Phi) is 4.06. The Morgan fingerprint density at radius 1 is 1.44 bits per heavy atom. The minimum Gasteiger partial charge on any atom is -0.481 e. The summed E-state index contributed by atoms with van der Waals surface area (Å²) >= 11 is 7.09. The van der Waals surface area contributed by atoms with Crippen LogP contribution >= 0.6 is 34.2 Å². The molecule has 16 heavy (non-hydrogen) atoms. The molecular formula is C9H5ClF3IO2. The molecule has 88 valence electrons. The second-order valence-corrected chi connectivity index (χ2v) is 4.52. The molecule has 1 rings (SSSR count). The zero-order valence-corrected chi connectivity index (χ0v) is 10.5. The third-order valence-electron chi connectivity index (χ3n) is 1.82. The predicted molar refractivity (Wildman–Crippen MR) is 60.5 cm³/mol. The molecule has 0 aromatic heterocycles. The lowest BCUT2D eigenvalue weighted by Gasteiger charge is -2.14. The maximum absolute atomic E-state index is 12.7. The van der Waals surface area contributed by atoms with E-state index in [0.717, 1.165) is 0 Å². The van der Waals surface area contributed by atoms with Crippen LogP contribution < -0.4 is 0 Å². The molecular weight excluding hydrogens is 359 g/mol. The van der Waals surface area contributed by atoms with Gasteiger partial charge in [-0.3, -0.25) is 4.79 Å². The number of carbonyl (C=O) groups is 1. The van der Waals surface area contributed by atoms with Gasteiger partial charge in [0, 0.05) is 8.59 Å². The van der Waals surface area contributed by atoms with E-state index in [-0.39, 0.29) is 8.59 Å². The molecule has 0 atom stereocenters. The van der Waals surface area contributed by atoms with Crippen LogP contribution in [0.3, 0.4) is 0 Å². The summed E-state index contributed by atoms with van der Waals surface area (Å²) in [5, 5.41) is 8.36. The van der Waals surface area contributed by atoms with Crippen LogP contribution in [-0.2, 0) is 17.4 Å². The second-order valence-electron chi connectivity index (χ2n) is 2.95. The Morgan fingerprint density at radius 2 is 2.00 bits per heavy atom. The fourth-order valence-electron chi connectivity index (χ4n) is 1.22. The van der Waals surface area contributed by atoms with Crippen LogP contribution in [0.2, 0.25) is 5.02 Å². The lowest BCUT2D eigenvalue weighted by molar-refractivity contribution is -0.140. The van der Waals surface area contributed by atoms with E-state index in [1.807, 2.05) is 0 Å². The van der Waals surface area contributed by atoms with Gasteiger partial charge < -0.3 is 5.11 Å². The molecule has 0 bridgehead atoms. The molecule has 0 aliphatic rings. The van der Waals surface area contributed by atoms with Crippen LogP contribution in [0.1, 0.15) is 11.1 Å². The average Bonchev–Trinajstić information content (AvgIpc) is 2.08. The molecule has 0 unspecified atom stereocenters. The van der Waals surface area contributed by atoms with Gasteiger partial charge in [0.2, 0.25) is 0 Å². The Hall–Kier alpha value is -0.500. The van der Waals surface area contributed by atoms with Crippen molar-refractivity contribution in [3.8, 4) is 0 Å². The van der Waals surface area contributed by atoms with Gasteiger partial charge in [-0.05, 0) is 40.3 Å². The van der Waals surface area contributed by atoms with Crippen molar-refractivity contribution in [1.29, 1.82) is 0 Å². The number of hydrogen-bond donors (Lipinski definition) is 1. The van der Waals surface area contributed by atoms with Gasteiger partial charge in [0.05, 0.1) is 12.0 Å². The predicted octanol–water partition coefficient (Wildman–Crippen LogP) is 3.59. The lowest BCUT2D eigenvalue weighted by Crippen LogP contribution is -2.14. The topological polar surface area (TPSA) is 37.3 Å². The normalized spacial score (nSPS) is 11.6. The minimum absolute atomic E-state index is 0.0641. The monoisotopic (exact) mass is 364 g/mol. The summed E-state index contributed by atoms with van der Waals surface area (Å²) < 4.78 is 38.0. The molecule has 0 saturated carbocycles. The van der Waals surface area contributed by atoms with E-state index in [1.54, 1.807) is 0 Å². The standard InChI is InChI=1S/C9H5ClF3IO2/c10-5-1-2-6(14)8(9(11,12)13)4(5)3-7(15)16/h1-2H,3H2,(H,15,16). The molecule has 1 aromatic carbocycles. The fourth-order valence-corrected chi connectivity index (χ4v) is 2.26. The van der Waals surface area contributed by atoms with Crippen molar-refractivity contribution >= 4 is 40.2 Å². The number of alkyl halides is 3. The summed E-state index contributed by atoms with van der Waals surface area (Å²) in [6.45, 7) is 0. The minimum atomic E-state index is -4.60. The summed E-state index contributed by atoms with van der Waals surface area (Å²) in [6.07, 6.45) is -5.35. The number of rotatable bonds is 2. The third-order valence-corrected chi connectivity index (χ3v) is 3.07. The fraction of sp³-hybridized carbons (Fsp3) is 0.222. The molecule has 0 spiro atoms. The Morgan fingerprint density at radius 3 is 2.44 bits per heavy atom. The van der Waals surface area contributed by atoms with Crippen molar-refractivity contribution in [1.82, 2.24) is 0 Å². The molecule has 2 nitrogen and oxygen atoms in total. The smallest absolute Gasteiger partial charge is 0.417 e. The molecule has 0 heterocycles. The molecule has 0 radical (unpaired) electrons. The van der Waals surface area contributed by atoms with Gasteiger partial charge in [0.15, 0.2) is 0 Å². The molecule has 0 aliphatic heterocycles.